The van der Waals surface area contributed by atoms with Gasteiger partial charge >= 0.3 is 0 Å². The first-order valence-corrected chi connectivity index (χ1v) is 7.50. The molecule has 0 aromatic heterocycles. The standard InChI is InChI=1S/C19H24FN/c1-19(2,3)17-9-7-16(8-10-17)14-21-12-11-15-5-4-6-18(20)13-15/h4-10,13,21H,11-12,14H2,1-3H3. The molecule has 0 saturated heterocycles. The van der Waals surface area contributed by atoms with Crippen molar-refractivity contribution in [3.05, 3.63) is 71.0 Å². The fourth-order valence-electron chi connectivity index (χ4n) is 2.28. The maximum atomic E-state index is 13.1. The van der Waals surface area contributed by atoms with Gasteiger partial charge < -0.3 is 5.32 Å². The van der Waals surface area contributed by atoms with Gasteiger partial charge in [-0.15, -0.1) is 0 Å². The highest BCUT2D eigenvalue weighted by molar-refractivity contribution is 5.27. The third-order valence-corrected chi connectivity index (χ3v) is 3.63. The van der Waals surface area contributed by atoms with Crippen molar-refractivity contribution >= 4 is 0 Å². The van der Waals surface area contributed by atoms with Crippen LogP contribution < -0.4 is 5.32 Å². The lowest BCUT2D eigenvalue weighted by molar-refractivity contribution is 0.589. The molecule has 21 heavy (non-hydrogen) atoms. The summed E-state index contributed by atoms with van der Waals surface area (Å²) in [6.45, 7) is 8.36. The van der Waals surface area contributed by atoms with Crippen LogP contribution in [0.2, 0.25) is 0 Å². The molecule has 112 valence electrons. The van der Waals surface area contributed by atoms with E-state index < -0.39 is 0 Å². The lowest BCUT2D eigenvalue weighted by atomic mass is 9.87. The highest BCUT2D eigenvalue weighted by atomic mass is 19.1. The fraction of sp³-hybridized carbons (Fsp3) is 0.368. The first kappa shape index (κ1) is 15.7. The van der Waals surface area contributed by atoms with Crippen molar-refractivity contribution in [2.45, 2.75) is 39.2 Å². The molecule has 0 atom stereocenters. The number of halogens is 1. The molecule has 0 bridgehead atoms. The molecular formula is C19H24FN. The van der Waals surface area contributed by atoms with E-state index in [9.17, 15) is 4.39 Å². The van der Waals surface area contributed by atoms with E-state index in [0.717, 1.165) is 25.1 Å². The zero-order valence-electron chi connectivity index (χ0n) is 13.1. The van der Waals surface area contributed by atoms with Crippen LogP contribution in [-0.4, -0.2) is 6.54 Å². The quantitative estimate of drug-likeness (QED) is 0.800. The topological polar surface area (TPSA) is 12.0 Å². The molecular weight excluding hydrogens is 261 g/mol. The molecule has 0 aliphatic carbocycles. The van der Waals surface area contributed by atoms with Crippen LogP contribution in [0.25, 0.3) is 0 Å². The Balaban J connectivity index is 1.79. The van der Waals surface area contributed by atoms with E-state index in [4.69, 9.17) is 0 Å². The van der Waals surface area contributed by atoms with E-state index in [1.165, 1.54) is 17.2 Å². The normalized spacial score (nSPS) is 11.6. The van der Waals surface area contributed by atoms with E-state index in [0.29, 0.717) is 0 Å². The lowest BCUT2D eigenvalue weighted by Crippen LogP contribution is -2.17. The summed E-state index contributed by atoms with van der Waals surface area (Å²) in [7, 11) is 0. The zero-order valence-corrected chi connectivity index (χ0v) is 13.1. The Morgan fingerprint density at radius 3 is 2.29 bits per heavy atom. The average molecular weight is 285 g/mol. The molecule has 0 unspecified atom stereocenters. The summed E-state index contributed by atoms with van der Waals surface area (Å²) in [6, 6.07) is 15.5. The molecule has 0 heterocycles. The van der Waals surface area contributed by atoms with Crippen LogP contribution in [0.15, 0.2) is 48.5 Å². The van der Waals surface area contributed by atoms with Crippen molar-refractivity contribution in [2.75, 3.05) is 6.54 Å². The molecule has 0 saturated carbocycles. The summed E-state index contributed by atoms with van der Waals surface area (Å²) in [4.78, 5) is 0. The van der Waals surface area contributed by atoms with Gasteiger partial charge in [-0.2, -0.15) is 0 Å². The Bertz CT molecular complexity index is 567. The monoisotopic (exact) mass is 285 g/mol. The van der Waals surface area contributed by atoms with E-state index >= 15 is 0 Å². The van der Waals surface area contributed by atoms with Crippen molar-refractivity contribution < 1.29 is 4.39 Å². The predicted molar refractivity (Wildman–Crippen MR) is 87.0 cm³/mol. The van der Waals surface area contributed by atoms with Crippen LogP contribution >= 0.6 is 0 Å². The van der Waals surface area contributed by atoms with Gasteiger partial charge in [-0.3, -0.25) is 0 Å². The summed E-state index contributed by atoms with van der Waals surface area (Å²) in [5, 5.41) is 3.41. The smallest absolute Gasteiger partial charge is 0.123 e. The number of nitrogens with one attached hydrogen (secondary N) is 1. The van der Waals surface area contributed by atoms with Gasteiger partial charge in [0.25, 0.3) is 0 Å². The highest BCUT2D eigenvalue weighted by Crippen LogP contribution is 2.22. The van der Waals surface area contributed by atoms with Gasteiger partial charge in [0.2, 0.25) is 0 Å². The summed E-state index contributed by atoms with van der Waals surface area (Å²) in [5.41, 5.74) is 3.86. The molecule has 2 rings (SSSR count). The minimum absolute atomic E-state index is 0.162. The van der Waals surface area contributed by atoms with Crippen molar-refractivity contribution in [1.82, 2.24) is 5.32 Å². The number of benzene rings is 2. The number of hydrogen-bond acceptors (Lipinski definition) is 1. The van der Waals surface area contributed by atoms with Crippen LogP contribution in [0, 0.1) is 5.82 Å². The summed E-state index contributed by atoms with van der Waals surface area (Å²) < 4.78 is 13.1. The second-order valence-electron chi connectivity index (χ2n) is 6.50. The molecule has 0 aliphatic rings. The van der Waals surface area contributed by atoms with Crippen LogP contribution in [0.3, 0.4) is 0 Å². The third kappa shape index (κ3) is 4.98. The Labute approximate surface area is 127 Å². The van der Waals surface area contributed by atoms with Crippen LogP contribution in [0.1, 0.15) is 37.5 Å². The number of rotatable bonds is 5. The average Bonchev–Trinajstić information content (AvgIpc) is 2.43. The summed E-state index contributed by atoms with van der Waals surface area (Å²) >= 11 is 0. The second kappa shape index (κ2) is 6.86. The first-order chi connectivity index (χ1) is 9.95. The van der Waals surface area contributed by atoms with Gasteiger partial charge in [-0.1, -0.05) is 57.2 Å². The largest absolute Gasteiger partial charge is 0.312 e. The van der Waals surface area contributed by atoms with E-state index in [-0.39, 0.29) is 11.2 Å². The maximum Gasteiger partial charge on any atom is 0.123 e. The summed E-state index contributed by atoms with van der Waals surface area (Å²) in [5.74, 6) is -0.162. The number of hydrogen-bond donors (Lipinski definition) is 1. The van der Waals surface area contributed by atoms with Crippen molar-refractivity contribution in [3.63, 3.8) is 0 Å². The van der Waals surface area contributed by atoms with Crippen molar-refractivity contribution in [1.29, 1.82) is 0 Å². The van der Waals surface area contributed by atoms with Gasteiger partial charge in [0.1, 0.15) is 5.82 Å². The Hall–Kier alpha value is -1.67. The molecule has 2 aromatic rings. The van der Waals surface area contributed by atoms with Crippen LogP contribution in [0.4, 0.5) is 4.39 Å². The van der Waals surface area contributed by atoms with Gasteiger partial charge in [-0.05, 0) is 47.2 Å². The Morgan fingerprint density at radius 2 is 1.67 bits per heavy atom. The molecule has 2 heteroatoms. The SMILES string of the molecule is CC(C)(C)c1ccc(CNCCc2cccc(F)c2)cc1. The second-order valence-corrected chi connectivity index (χ2v) is 6.50. The highest BCUT2D eigenvalue weighted by Gasteiger charge is 2.12. The Morgan fingerprint density at radius 1 is 0.952 bits per heavy atom. The minimum atomic E-state index is -0.162. The van der Waals surface area contributed by atoms with E-state index in [1.807, 2.05) is 6.07 Å². The molecule has 1 nitrogen and oxygen atoms in total. The van der Waals surface area contributed by atoms with E-state index in [1.54, 1.807) is 12.1 Å². The molecule has 0 spiro atoms. The third-order valence-electron chi connectivity index (χ3n) is 3.63. The van der Waals surface area contributed by atoms with Crippen LogP contribution in [0.5, 0.6) is 0 Å². The molecule has 0 radical (unpaired) electrons. The van der Waals surface area contributed by atoms with Crippen molar-refractivity contribution in [3.8, 4) is 0 Å². The first-order valence-electron chi connectivity index (χ1n) is 7.50. The fourth-order valence-corrected chi connectivity index (χ4v) is 2.28. The lowest BCUT2D eigenvalue weighted by Gasteiger charge is -2.19. The van der Waals surface area contributed by atoms with Gasteiger partial charge in [0, 0.05) is 6.54 Å². The maximum absolute atomic E-state index is 13.1. The van der Waals surface area contributed by atoms with Crippen LogP contribution in [-0.2, 0) is 18.4 Å². The molecule has 0 fully saturated rings. The van der Waals surface area contributed by atoms with Gasteiger partial charge in [-0.25, -0.2) is 4.39 Å². The zero-order chi connectivity index (χ0) is 15.3. The molecule has 0 amide bonds. The molecule has 0 aliphatic heterocycles. The molecule has 1 N–H and O–H groups in total. The molecule has 2 aromatic carbocycles. The van der Waals surface area contributed by atoms with Gasteiger partial charge in [0.05, 0.1) is 0 Å². The minimum Gasteiger partial charge on any atom is -0.312 e. The van der Waals surface area contributed by atoms with E-state index in [2.05, 4.69) is 50.4 Å². The Kier molecular flexibility index (Phi) is 5.13. The van der Waals surface area contributed by atoms with Gasteiger partial charge in [0.15, 0.2) is 0 Å². The predicted octanol–water partition coefficient (Wildman–Crippen LogP) is 4.46. The summed E-state index contributed by atoms with van der Waals surface area (Å²) in [6.07, 6.45) is 0.845. The van der Waals surface area contributed by atoms with Crippen molar-refractivity contribution in [2.24, 2.45) is 0 Å².